The van der Waals surface area contributed by atoms with Gasteiger partial charge >= 0.3 is 5.97 Å². The first kappa shape index (κ1) is 8.10. The van der Waals surface area contributed by atoms with E-state index < -0.39 is 12.2 Å². The Balaban J connectivity index is 3.37. The van der Waals surface area contributed by atoms with Crippen LogP contribution in [-0.2, 0) is 14.3 Å². The third-order valence-electron chi connectivity index (χ3n) is 0.646. The largest absolute Gasteiger partial charge is 0.447 e. The van der Waals surface area contributed by atoms with Gasteiger partial charge < -0.3 is 9.53 Å². The van der Waals surface area contributed by atoms with Crippen LogP contribution in [0.25, 0.3) is 0 Å². The summed E-state index contributed by atoms with van der Waals surface area (Å²) in [6.45, 7) is 1.24. The van der Waals surface area contributed by atoms with E-state index in [1.165, 1.54) is 6.92 Å². The molecule has 2 N–H and O–H groups in total. The van der Waals surface area contributed by atoms with Crippen LogP contribution in [0, 0.1) is 0 Å². The van der Waals surface area contributed by atoms with Gasteiger partial charge in [-0.2, -0.15) is 0 Å². The van der Waals surface area contributed by atoms with Crippen molar-refractivity contribution in [2.45, 2.75) is 19.6 Å². The minimum absolute atomic E-state index is 0.0551. The lowest BCUT2D eigenvalue weighted by molar-refractivity contribution is -0.146. The quantitative estimate of drug-likeness (QED) is 0.316. The molecule has 0 saturated carbocycles. The maximum atomic E-state index is 10.1. The lowest BCUT2D eigenvalue weighted by Gasteiger charge is -2.06. The highest BCUT2D eigenvalue weighted by Crippen LogP contribution is 1.86. The fourth-order valence-electron chi connectivity index (χ4n) is 0.356. The van der Waals surface area contributed by atoms with E-state index in [0.717, 1.165) is 0 Å². The summed E-state index contributed by atoms with van der Waals surface area (Å²) in [4.78, 5) is 19.8. The third-order valence-corrected chi connectivity index (χ3v) is 0.646. The van der Waals surface area contributed by atoms with Gasteiger partial charge in [-0.3, -0.25) is 10.5 Å². The zero-order valence-corrected chi connectivity index (χ0v) is 5.16. The fourth-order valence-corrected chi connectivity index (χ4v) is 0.356. The maximum Gasteiger partial charge on any atom is 0.304 e. The summed E-state index contributed by atoms with van der Waals surface area (Å²) in [5, 5.41) is 0. The van der Waals surface area contributed by atoms with Crippen LogP contribution in [0.3, 0.4) is 0 Å². The Morgan fingerprint density at radius 3 is 2.78 bits per heavy atom. The topological polar surface area (TPSA) is 69.4 Å². The van der Waals surface area contributed by atoms with Gasteiger partial charge in [-0.15, -0.1) is 0 Å². The van der Waals surface area contributed by atoms with E-state index in [9.17, 15) is 9.59 Å². The molecule has 0 aromatic rings. The molecule has 0 aromatic carbocycles. The second-order valence-electron chi connectivity index (χ2n) is 1.55. The standard InChI is InChI=1S/C5H9NO3/c1-4(8)9-5(6)2-3-7/h3,5H,2,6H2,1H3. The van der Waals surface area contributed by atoms with E-state index in [2.05, 4.69) is 4.74 Å². The van der Waals surface area contributed by atoms with Gasteiger partial charge in [0.05, 0.1) is 6.42 Å². The summed E-state index contributed by atoms with van der Waals surface area (Å²) in [6.07, 6.45) is -0.118. The van der Waals surface area contributed by atoms with Crippen LogP contribution in [-0.4, -0.2) is 18.5 Å². The van der Waals surface area contributed by atoms with Crippen molar-refractivity contribution in [3.63, 3.8) is 0 Å². The number of hydrogen-bond donors (Lipinski definition) is 1. The molecule has 0 fully saturated rings. The Labute approximate surface area is 53.0 Å². The number of ether oxygens (including phenoxy) is 1. The summed E-state index contributed by atoms with van der Waals surface area (Å²) in [5.41, 5.74) is 5.11. The van der Waals surface area contributed by atoms with Crippen molar-refractivity contribution < 1.29 is 14.3 Å². The van der Waals surface area contributed by atoms with Crippen LogP contribution in [0.2, 0.25) is 0 Å². The number of carbonyl (C=O) groups is 2. The molecule has 0 aliphatic carbocycles. The van der Waals surface area contributed by atoms with Gasteiger partial charge in [-0.25, -0.2) is 0 Å². The van der Waals surface area contributed by atoms with Crippen molar-refractivity contribution in [1.82, 2.24) is 0 Å². The van der Waals surface area contributed by atoms with Gasteiger partial charge in [0.15, 0.2) is 6.23 Å². The second kappa shape index (κ2) is 4.03. The molecule has 4 heteroatoms. The number of rotatable bonds is 3. The normalized spacial score (nSPS) is 12.2. The predicted octanol–water partition coefficient (Wildman–Crippen LogP) is -0.577. The number of nitrogens with two attached hydrogens (primary N) is 1. The summed E-state index contributed by atoms with van der Waals surface area (Å²) in [5.74, 6) is -0.468. The summed E-state index contributed by atoms with van der Waals surface area (Å²) < 4.78 is 4.40. The lowest BCUT2D eigenvalue weighted by Crippen LogP contribution is -2.26. The molecule has 4 nitrogen and oxygen atoms in total. The monoisotopic (exact) mass is 131 g/mol. The molecule has 0 aromatic heterocycles. The zero-order valence-electron chi connectivity index (χ0n) is 5.16. The highest BCUT2D eigenvalue weighted by atomic mass is 16.5. The highest BCUT2D eigenvalue weighted by molar-refractivity contribution is 5.66. The molecule has 0 bridgehead atoms. The van der Waals surface area contributed by atoms with Gasteiger partial charge in [0.2, 0.25) is 0 Å². The van der Waals surface area contributed by atoms with Crippen LogP contribution in [0.1, 0.15) is 13.3 Å². The molecular weight excluding hydrogens is 122 g/mol. The van der Waals surface area contributed by atoms with E-state index >= 15 is 0 Å². The molecule has 0 rings (SSSR count). The molecule has 0 heterocycles. The van der Waals surface area contributed by atoms with Crippen molar-refractivity contribution in [1.29, 1.82) is 0 Å². The average molecular weight is 131 g/mol. The van der Waals surface area contributed by atoms with E-state index in [4.69, 9.17) is 5.73 Å². The molecule has 52 valence electrons. The summed E-state index contributed by atoms with van der Waals surface area (Å²) in [7, 11) is 0. The molecule has 1 atom stereocenters. The second-order valence-corrected chi connectivity index (χ2v) is 1.55. The van der Waals surface area contributed by atoms with Gasteiger partial charge in [-0.05, 0) is 0 Å². The van der Waals surface area contributed by atoms with Crippen LogP contribution in [0.4, 0.5) is 0 Å². The predicted molar refractivity (Wildman–Crippen MR) is 30.4 cm³/mol. The number of esters is 1. The highest BCUT2D eigenvalue weighted by Gasteiger charge is 2.02. The third kappa shape index (κ3) is 4.96. The Hall–Kier alpha value is -0.900. The number of carbonyl (C=O) groups excluding carboxylic acids is 2. The van der Waals surface area contributed by atoms with Crippen LogP contribution >= 0.6 is 0 Å². The van der Waals surface area contributed by atoms with Crippen molar-refractivity contribution >= 4 is 12.3 Å². The smallest absolute Gasteiger partial charge is 0.304 e. The van der Waals surface area contributed by atoms with Gasteiger partial charge in [0.25, 0.3) is 0 Å². The molecule has 0 amide bonds. The molecular formula is C5H9NO3. The Kier molecular flexibility index (Phi) is 3.62. The van der Waals surface area contributed by atoms with Crippen LogP contribution in [0.5, 0.6) is 0 Å². The molecule has 9 heavy (non-hydrogen) atoms. The van der Waals surface area contributed by atoms with Crippen LogP contribution < -0.4 is 5.73 Å². The number of hydrogen-bond acceptors (Lipinski definition) is 4. The van der Waals surface area contributed by atoms with Crippen molar-refractivity contribution in [2.24, 2.45) is 5.73 Å². The van der Waals surface area contributed by atoms with E-state index in [0.29, 0.717) is 6.29 Å². The van der Waals surface area contributed by atoms with Crippen molar-refractivity contribution in [3.8, 4) is 0 Å². The van der Waals surface area contributed by atoms with Gasteiger partial charge in [0, 0.05) is 6.92 Å². The summed E-state index contributed by atoms with van der Waals surface area (Å²) in [6, 6.07) is 0. The zero-order chi connectivity index (χ0) is 7.28. The van der Waals surface area contributed by atoms with E-state index in [1.807, 2.05) is 0 Å². The Morgan fingerprint density at radius 1 is 1.89 bits per heavy atom. The minimum atomic E-state index is -0.778. The fraction of sp³-hybridized carbons (Fsp3) is 0.600. The molecule has 0 saturated heterocycles. The van der Waals surface area contributed by atoms with Crippen LogP contribution in [0.15, 0.2) is 0 Å². The minimum Gasteiger partial charge on any atom is -0.447 e. The first-order chi connectivity index (χ1) is 4.16. The number of aldehydes is 1. The molecule has 0 aliphatic heterocycles. The van der Waals surface area contributed by atoms with Crippen molar-refractivity contribution in [2.75, 3.05) is 0 Å². The average Bonchev–Trinajstić information content (AvgIpc) is 1.63. The van der Waals surface area contributed by atoms with Gasteiger partial charge in [-0.1, -0.05) is 0 Å². The molecule has 0 radical (unpaired) electrons. The maximum absolute atomic E-state index is 10.1. The van der Waals surface area contributed by atoms with Gasteiger partial charge in [0.1, 0.15) is 6.29 Å². The Morgan fingerprint density at radius 2 is 2.44 bits per heavy atom. The first-order valence-electron chi connectivity index (χ1n) is 2.53. The van der Waals surface area contributed by atoms with E-state index in [1.54, 1.807) is 0 Å². The van der Waals surface area contributed by atoms with E-state index in [-0.39, 0.29) is 6.42 Å². The first-order valence-corrected chi connectivity index (χ1v) is 2.53. The SMILES string of the molecule is CC(=O)OC(N)CC=O. The summed E-state index contributed by atoms with van der Waals surface area (Å²) >= 11 is 0. The molecule has 1 unspecified atom stereocenters. The molecule has 0 spiro atoms. The lowest BCUT2D eigenvalue weighted by atomic mass is 10.4. The molecule has 0 aliphatic rings. The van der Waals surface area contributed by atoms with Crippen molar-refractivity contribution in [3.05, 3.63) is 0 Å². The Bertz CT molecular complexity index is 113.